The van der Waals surface area contributed by atoms with E-state index in [0.29, 0.717) is 18.4 Å². The van der Waals surface area contributed by atoms with Crippen LogP contribution in [0.1, 0.15) is 42.8 Å². The number of aryl methyl sites for hydroxylation is 1. The van der Waals surface area contributed by atoms with E-state index in [1.807, 2.05) is 4.90 Å². The summed E-state index contributed by atoms with van der Waals surface area (Å²) in [6.07, 6.45) is 4.12. The van der Waals surface area contributed by atoms with Crippen molar-refractivity contribution in [2.75, 3.05) is 26.3 Å². The first-order chi connectivity index (χ1) is 9.78. The van der Waals surface area contributed by atoms with Gasteiger partial charge in [-0.2, -0.15) is 0 Å². The molecular weight excluding hydrogens is 272 g/mol. The summed E-state index contributed by atoms with van der Waals surface area (Å²) in [5.41, 5.74) is 1.18. The van der Waals surface area contributed by atoms with Crippen molar-refractivity contribution in [1.29, 1.82) is 0 Å². The van der Waals surface area contributed by atoms with Gasteiger partial charge < -0.3 is 9.64 Å². The number of carbonyl (C=O) groups excluding carboxylic acids is 1. The number of nitrogens with zero attached hydrogens (tertiary/aromatic N) is 2. The second-order valence-electron chi connectivity index (χ2n) is 5.71. The molecule has 2 atom stereocenters. The van der Waals surface area contributed by atoms with E-state index in [1.54, 1.807) is 11.3 Å². The van der Waals surface area contributed by atoms with E-state index < -0.39 is 0 Å². The van der Waals surface area contributed by atoms with Crippen LogP contribution in [0.15, 0.2) is 5.38 Å². The highest BCUT2D eigenvalue weighted by atomic mass is 32.1. The molecule has 0 N–H and O–H groups in total. The van der Waals surface area contributed by atoms with Crippen LogP contribution in [0.3, 0.4) is 0 Å². The third kappa shape index (κ3) is 2.88. The Balaban J connectivity index is 1.65. The molecule has 0 radical (unpaired) electrons. The maximum absolute atomic E-state index is 12.5. The molecule has 3 rings (SSSR count). The summed E-state index contributed by atoms with van der Waals surface area (Å²) < 4.78 is 5.34. The average Bonchev–Trinajstić information content (AvgIpc) is 3.17. The molecule has 110 valence electrons. The molecule has 4 nitrogen and oxygen atoms in total. The summed E-state index contributed by atoms with van der Waals surface area (Å²) in [5.74, 6) is 0.816. The van der Waals surface area contributed by atoms with E-state index in [2.05, 4.69) is 12.3 Å². The molecule has 0 bridgehead atoms. The number of amides is 1. The Kier molecular flexibility index (Phi) is 4.36. The van der Waals surface area contributed by atoms with Crippen molar-refractivity contribution in [3.05, 3.63) is 16.1 Å². The zero-order chi connectivity index (χ0) is 13.9. The van der Waals surface area contributed by atoms with Crippen LogP contribution in [-0.4, -0.2) is 42.1 Å². The van der Waals surface area contributed by atoms with Crippen LogP contribution in [0.4, 0.5) is 0 Å². The van der Waals surface area contributed by atoms with Gasteiger partial charge in [-0.25, -0.2) is 4.98 Å². The first-order valence-corrected chi connectivity index (χ1v) is 8.46. The number of ether oxygens (including phenoxy) is 1. The molecule has 3 heterocycles. The number of hydrogen-bond donors (Lipinski definition) is 0. The molecule has 2 saturated heterocycles. The fourth-order valence-electron chi connectivity index (χ4n) is 3.04. The maximum Gasteiger partial charge on any atom is 0.228 e. The van der Waals surface area contributed by atoms with Crippen molar-refractivity contribution >= 4 is 17.2 Å². The van der Waals surface area contributed by atoms with Crippen LogP contribution < -0.4 is 0 Å². The van der Waals surface area contributed by atoms with Gasteiger partial charge >= 0.3 is 0 Å². The summed E-state index contributed by atoms with van der Waals surface area (Å²) in [5, 5.41) is 3.36. The lowest BCUT2D eigenvalue weighted by Crippen LogP contribution is -2.42. The lowest BCUT2D eigenvalue weighted by molar-refractivity contribution is -0.136. The minimum Gasteiger partial charge on any atom is -0.381 e. The lowest BCUT2D eigenvalue weighted by atomic mass is 9.97. The molecule has 1 amide bonds. The van der Waals surface area contributed by atoms with E-state index >= 15 is 0 Å². The SMILES string of the molecule is CCc1csc([C@@H]2CCCN(C(=O)[C@@H]3CCOC3)C2)n1. The number of carbonyl (C=O) groups is 1. The molecule has 5 heteroatoms. The highest BCUT2D eigenvalue weighted by Gasteiger charge is 2.32. The zero-order valence-corrected chi connectivity index (χ0v) is 12.8. The number of hydrogen-bond acceptors (Lipinski definition) is 4. The third-order valence-electron chi connectivity index (χ3n) is 4.29. The second-order valence-corrected chi connectivity index (χ2v) is 6.60. The van der Waals surface area contributed by atoms with Gasteiger partial charge in [0.05, 0.1) is 23.2 Å². The predicted molar refractivity (Wildman–Crippen MR) is 79.0 cm³/mol. The molecule has 2 aliphatic rings. The Morgan fingerprint density at radius 1 is 1.55 bits per heavy atom. The standard InChI is InChI=1S/C15H22N2O2S/c1-2-13-10-20-14(16-13)11-4-3-6-17(8-11)15(18)12-5-7-19-9-12/h10-12H,2-9H2,1H3/t11-,12-/m1/s1. The molecular formula is C15H22N2O2S. The first-order valence-electron chi connectivity index (χ1n) is 7.58. The van der Waals surface area contributed by atoms with Crippen LogP contribution in [0, 0.1) is 5.92 Å². The molecule has 0 aromatic carbocycles. The van der Waals surface area contributed by atoms with Gasteiger partial charge in [0.1, 0.15) is 0 Å². The molecule has 2 fully saturated rings. The second kappa shape index (κ2) is 6.22. The molecule has 0 aliphatic carbocycles. The fourth-order valence-corrected chi connectivity index (χ4v) is 4.07. The quantitative estimate of drug-likeness (QED) is 0.860. The molecule has 0 saturated carbocycles. The van der Waals surface area contributed by atoms with E-state index in [9.17, 15) is 4.79 Å². The van der Waals surface area contributed by atoms with Crippen LogP contribution in [0.5, 0.6) is 0 Å². The van der Waals surface area contributed by atoms with E-state index in [4.69, 9.17) is 9.72 Å². The summed E-state index contributed by atoms with van der Waals surface area (Å²) in [6.45, 7) is 5.22. The Labute approximate surface area is 124 Å². The molecule has 2 aliphatic heterocycles. The summed E-state index contributed by atoms with van der Waals surface area (Å²) in [6, 6.07) is 0. The van der Waals surface area contributed by atoms with Gasteiger partial charge in [-0.05, 0) is 25.7 Å². The fraction of sp³-hybridized carbons (Fsp3) is 0.733. The smallest absolute Gasteiger partial charge is 0.228 e. The molecule has 20 heavy (non-hydrogen) atoms. The van der Waals surface area contributed by atoms with Gasteiger partial charge in [0, 0.05) is 31.0 Å². The molecule has 0 spiro atoms. The third-order valence-corrected chi connectivity index (χ3v) is 5.35. The minimum absolute atomic E-state index is 0.0937. The highest BCUT2D eigenvalue weighted by molar-refractivity contribution is 7.09. The zero-order valence-electron chi connectivity index (χ0n) is 12.0. The Morgan fingerprint density at radius 3 is 3.15 bits per heavy atom. The van der Waals surface area contributed by atoms with Crippen molar-refractivity contribution in [1.82, 2.24) is 9.88 Å². The van der Waals surface area contributed by atoms with Crippen molar-refractivity contribution in [2.24, 2.45) is 5.92 Å². The molecule has 1 aromatic heterocycles. The number of thiazole rings is 1. The lowest BCUT2D eigenvalue weighted by Gasteiger charge is -2.33. The van der Waals surface area contributed by atoms with Crippen LogP contribution >= 0.6 is 11.3 Å². The monoisotopic (exact) mass is 294 g/mol. The van der Waals surface area contributed by atoms with Gasteiger partial charge in [0.2, 0.25) is 5.91 Å². The Morgan fingerprint density at radius 2 is 2.45 bits per heavy atom. The number of aromatic nitrogens is 1. The van der Waals surface area contributed by atoms with Crippen molar-refractivity contribution in [2.45, 2.75) is 38.5 Å². The number of rotatable bonds is 3. The van der Waals surface area contributed by atoms with E-state index in [0.717, 1.165) is 45.4 Å². The highest BCUT2D eigenvalue weighted by Crippen LogP contribution is 2.30. The predicted octanol–water partition coefficient (Wildman–Crippen LogP) is 2.45. The number of piperidine rings is 1. The Bertz CT molecular complexity index is 468. The summed E-state index contributed by atoms with van der Waals surface area (Å²) >= 11 is 1.75. The van der Waals surface area contributed by atoms with E-state index in [1.165, 1.54) is 10.7 Å². The summed E-state index contributed by atoms with van der Waals surface area (Å²) in [4.78, 5) is 19.2. The first kappa shape index (κ1) is 14.0. The van der Waals surface area contributed by atoms with Crippen molar-refractivity contribution < 1.29 is 9.53 Å². The summed E-state index contributed by atoms with van der Waals surface area (Å²) in [7, 11) is 0. The minimum atomic E-state index is 0.0937. The van der Waals surface area contributed by atoms with Gasteiger partial charge in [0.15, 0.2) is 0 Å². The van der Waals surface area contributed by atoms with Gasteiger partial charge in [-0.1, -0.05) is 6.92 Å². The average molecular weight is 294 g/mol. The van der Waals surface area contributed by atoms with Crippen LogP contribution in [0.2, 0.25) is 0 Å². The Hall–Kier alpha value is -0.940. The van der Waals surface area contributed by atoms with Crippen molar-refractivity contribution in [3.8, 4) is 0 Å². The van der Waals surface area contributed by atoms with Gasteiger partial charge in [0.25, 0.3) is 0 Å². The van der Waals surface area contributed by atoms with Crippen molar-refractivity contribution in [3.63, 3.8) is 0 Å². The molecule has 0 unspecified atom stereocenters. The van der Waals surface area contributed by atoms with Gasteiger partial charge in [-0.3, -0.25) is 4.79 Å². The van der Waals surface area contributed by atoms with Gasteiger partial charge in [-0.15, -0.1) is 11.3 Å². The normalized spacial score (nSPS) is 26.9. The number of likely N-dealkylation sites (tertiary alicyclic amines) is 1. The maximum atomic E-state index is 12.5. The largest absolute Gasteiger partial charge is 0.381 e. The molecule has 1 aromatic rings. The van der Waals surface area contributed by atoms with E-state index in [-0.39, 0.29) is 5.92 Å². The van der Waals surface area contributed by atoms with Crippen LogP contribution in [0.25, 0.3) is 0 Å². The topological polar surface area (TPSA) is 42.4 Å². The van der Waals surface area contributed by atoms with Crippen LogP contribution in [-0.2, 0) is 16.0 Å².